The van der Waals surface area contributed by atoms with Crippen molar-refractivity contribution in [1.82, 2.24) is 19.8 Å². The largest absolute Gasteiger partial charge is 0.497 e. The third-order valence-electron chi connectivity index (χ3n) is 7.09. The summed E-state index contributed by atoms with van der Waals surface area (Å²) in [6, 6.07) is 5.79. The summed E-state index contributed by atoms with van der Waals surface area (Å²) in [5, 5.41) is 15.2. The predicted molar refractivity (Wildman–Crippen MR) is 107 cm³/mol. The molecular formula is C21H24N4O2S. The van der Waals surface area contributed by atoms with Crippen molar-refractivity contribution in [2.75, 3.05) is 14.2 Å². The van der Waals surface area contributed by atoms with Gasteiger partial charge in [0, 0.05) is 17.0 Å². The van der Waals surface area contributed by atoms with Gasteiger partial charge in [0.05, 0.1) is 14.2 Å². The number of hydrogen-bond acceptors (Lipinski definition) is 6. The monoisotopic (exact) mass is 396 g/mol. The Labute approximate surface area is 167 Å². The van der Waals surface area contributed by atoms with Crippen LogP contribution >= 0.6 is 11.3 Å². The van der Waals surface area contributed by atoms with Crippen molar-refractivity contribution in [3.05, 3.63) is 23.2 Å². The van der Waals surface area contributed by atoms with Crippen molar-refractivity contribution >= 4 is 16.3 Å². The Morgan fingerprint density at radius 1 is 0.929 bits per heavy atom. The molecule has 4 bridgehead atoms. The minimum absolute atomic E-state index is 0.281. The lowest BCUT2D eigenvalue weighted by atomic mass is 9.50. The van der Waals surface area contributed by atoms with Crippen molar-refractivity contribution in [2.24, 2.45) is 17.8 Å². The van der Waals surface area contributed by atoms with Gasteiger partial charge in [-0.05, 0) is 68.4 Å². The fraction of sp³-hybridized carbons (Fsp3) is 0.571. The van der Waals surface area contributed by atoms with E-state index in [4.69, 9.17) is 14.6 Å². The van der Waals surface area contributed by atoms with E-state index in [0.29, 0.717) is 0 Å². The number of hydrogen-bond donors (Lipinski definition) is 0. The Morgan fingerprint density at radius 2 is 1.54 bits per heavy atom. The van der Waals surface area contributed by atoms with Gasteiger partial charge in [-0.1, -0.05) is 11.3 Å². The van der Waals surface area contributed by atoms with E-state index in [0.717, 1.165) is 45.6 Å². The molecule has 4 saturated carbocycles. The van der Waals surface area contributed by atoms with Gasteiger partial charge in [0.25, 0.3) is 0 Å². The average molecular weight is 397 g/mol. The summed E-state index contributed by atoms with van der Waals surface area (Å²) in [7, 11) is 3.32. The molecule has 1 aromatic carbocycles. The lowest BCUT2D eigenvalue weighted by Crippen LogP contribution is -2.48. The van der Waals surface area contributed by atoms with E-state index >= 15 is 0 Å². The lowest BCUT2D eigenvalue weighted by molar-refractivity contribution is -0.00565. The van der Waals surface area contributed by atoms with Crippen LogP contribution < -0.4 is 9.47 Å². The summed E-state index contributed by atoms with van der Waals surface area (Å²) in [5.41, 5.74) is 1.19. The maximum absolute atomic E-state index is 5.42. The van der Waals surface area contributed by atoms with Gasteiger partial charge in [-0.15, -0.1) is 10.2 Å². The molecule has 6 nitrogen and oxygen atoms in total. The summed E-state index contributed by atoms with van der Waals surface area (Å²) in [6.07, 6.45) is 8.26. The molecule has 2 heterocycles. The quantitative estimate of drug-likeness (QED) is 0.657. The van der Waals surface area contributed by atoms with Gasteiger partial charge in [0.15, 0.2) is 5.82 Å². The minimum Gasteiger partial charge on any atom is -0.497 e. The molecule has 2 aromatic heterocycles. The van der Waals surface area contributed by atoms with E-state index < -0.39 is 0 Å². The van der Waals surface area contributed by atoms with Gasteiger partial charge in [0.1, 0.15) is 16.5 Å². The van der Waals surface area contributed by atoms with Gasteiger partial charge in [0.2, 0.25) is 4.96 Å². The zero-order chi connectivity index (χ0) is 18.9. The van der Waals surface area contributed by atoms with E-state index in [2.05, 4.69) is 10.2 Å². The van der Waals surface area contributed by atoms with E-state index in [-0.39, 0.29) is 5.41 Å². The van der Waals surface area contributed by atoms with Crippen molar-refractivity contribution in [3.63, 3.8) is 0 Å². The first kappa shape index (κ1) is 16.8. The molecule has 28 heavy (non-hydrogen) atoms. The average Bonchev–Trinajstić information content (AvgIpc) is 3.27. The molecule has 0 radical (unpaired) electrons. The third kappa shape index (κ3) is 2.41. The molecule has 146 valence electrons. The first-order valence-electron chi connectivity index (χ1n) is 10.1. The van der Waals surface area contributed by atoms with Gasteiger partial charge < -0.3 is 9.47 Å². The molecule has 4 aliphatic carbocycles. The van der Waals surface area contributed by atoms with Crippen LogP contribution in [0.25, 0.3) is 16.3 Å². The zero-order valence-corrected chi connectivity index (χ0v) is 17.0. The van der Waals surface area contributed by atoms with Crippen molar-refractivity contribution in [2.45, 2.75) is 43.9 Å². The number of aromatic nitrogens is 4. The highest BCUT2D eigenvalue weighted by Crippen LogP contribution is 2.61. The maximum Gasteiger partial charge on any atom is 0.234 e. The molecule has 0 amide bonds. The minimum atomic E-state index is 0.281. The fourth-order valence-corrected chi connectivity index (χ4v) is 7.38. The van der Waals surface area contributed by atoms with Crippen LogP contribution in [0.4, 0.5) is 0 Å². The highest BCUT2D eigenvalue weighted by molar-refractivity contribution is 7.16. The number of methoxy groups -OCH3 is 2. The number of fused-ring (bicyclic) bond motifs is 1. The Bertz CT molecular complexity index is 999. The molecule has 0 unspecified atom stereocenters. The first-order chi connectivity index (χ1) is 13.7. The Morgan fingerprint density at radius 3 is 2.11 bits per heavy atom. The second kappa shape index (κ2) is 5.92. The van der Waals surface area contributed by atoms with Crippen LogP contribution in [0, 0.1) is 17.8 Å². The summed E-state index contributed by atoms with van der Waals surface area (Å²) in [4.78, 5) is 0.877. The molecule has 7 heteroatoms. The van der Waals surface area contributed by atoms with Crippen LogP contribution in [0.2, 0.25) is 0 Å². The Kier molecular flexibility index (Phi) is 3.55. The number of nitrogens with zero attached hydrogens (tertiary/aromatic N) is 4. The van der Waals surface area contributed by atoms with Crippen molar-refractivity contribution in [3.8, 4) is 22.9 Å². The molecule has 4 fully saturated rings. The topological polar surface area (TPSA) is 61.5 Å². The smallest absolute Gasteiger partial charge is 0.234 e. The van der Waals surface area contributed by atoms with Crippen LogP contribution in [0.15, 0.2) is 18.2 Å². The molecule has 0 N–H and O–H groups in total. The lowest BCUT2D eigenvalue weighted by Gasteiger charge is -2.55. The maximum atomic E-state index is 5.42. The van der Waals surface area contributed by atoms with Crippen LogP contribution in [-0.4, -0.2) is 34.0 Å². The first-order valence-corrected chi connectivity index (χ1v) is 10.9. The fourth-order valence-electron chi connectivity index (χ4n) is 6.32. The van der Waals surface area contributed by atoms with Crippen molar-refractivity contribution < 1.29 is 9.47 Å². The zero-order valence-electron chi connectivity index (χ0n) is 16.2. The van der Waals surface area contributed by atoms with Crippen LogP contribution in [0.5, 0.6) is 11.5 Å². The molecule has 0 atom stereocenters. The van der Waals surface area contributed by atoms with Crippen LogP contribution in [0.1, 0.15) is 43.5 Å². The molecule has 3 aromatic rings. The van der Waals surface area contributed by atoms with E-state index in [1.165, 1.54) is 43.5 Å². The predicted octanol–water partition coefficient (Wildman–Crippen LogP) is 4.34. The second-order valence-electron chi connectivity index (χ2n) is 8.92. The molecule has 0 aliphatic heterocycles. The van der Waals surface area contributed by atoms with E-state index in [1.54, 1.807) is 25.6 Å². The Hall–Kier alpha value is -2.15. The van der Waals surface area contributed by atoms with Gasteiger partial charge >= 0.3 is 0 Å². The van der Waals surface area contributed by atoms with Crippen LogP contribution in [-0.2, 0) is 5.41 Å². The summed E-state index contributed by atoms with van der Waals surface area (Å²) < 4.78 is 12.8. The SMILES string of the molecule is COc1cc(OC)cc(-c2nnc3sc(C45CC6CC(CC(C6)C4)C5)nn23)c1. The highest BCUT2D eigenvalue weighted by atomic mass is 32.1. The number of benzene rings is 1. The number of rotatable bonds is 4. The Balaban J connectivity index is 1.44. The van der Waals surface area contributed by atoms with Crippen molar-refractivity contribution in [1.29, 1.82) is 0 Å². The summed E-state index contributed by atoms with van der Waals surface area (Å²) in [6.45, 7) is 0. The van der Waals surface area contributed by atoms with Gasteiger partial charge in [-0.2, -0.15) is 9.61 Å². The third-order valence-corrected chi connectivity index (χ3v) is 8.24. The van der Waals surface area contributed by atoms with E-state index in [1.807, 2.05) is 22.7 Å². The molecule has 7 rings (SSSR count). The van der Waals surface area contributed by atoms with Gasteiger partial charge in [-0.25, -0.2) is 0 Å². The second-order valence-corrected chi connectivity index (χ2v) is 9.88. The van der Waals surface area contributed by atoms with Gasteiger partial charge in [-0.3, -0.25) is 0 Å². The van der Waals surface area contributed by atoms with Crippen LogP contribution in [0.3, 0.4) is 0 Å². The summed E-state index contributed by atoms with van der Waals surface area (Å²) in [5.74, 6) is 4.94. The molecular weight excluding hydrogens is 372 g/mol. The molecule has 0 spiro atoms. The normalized spacial score (nSPS) is 30.9. The molecule has 0 saturated heterocycles. The number of ether oxygens (including phenoxy) is 2. The molecule has 4 aliphatic rings. The highest BCUT2D eigenvalue weighted by Gasteiger charge is 2.53. The van der Waals surface area contributed by atoms with E-state index in [9.17, 15) is 0 Å². The standard InChI is InChI=1S/C21H24N4O2S/c1-26-16-6-15(7-17(8-16)27-2)18-22-23-20-25(18)24-19(28-20)21-9-12-3-13(10-21)5-14(4-12)11-21/h6-8,12-14H,3-5,9-11H2,1-2H3. The summed E-state index contributed by atoms with van der Waals surface area (Å²) >= 11 is 1.74.